The lowest BCUT2D eigenvalue weighted by molar-refractivity contribution is 0.321. The average molecular weight is 315 g/mol. The molecule has 1 heteroatoms. The van der Waals surface area contributed by atoms with E-state index in [-0.39, 0.29) is 10.8 Å². The second-order valence-electron chi connectivity index (χ2n) is 8.38. The van der Waals surface area contributed by atoms with E-state index < -0.39 is 0 Å². The smallest absolute Gasteiger partial charge is 0.0780 e. The van der Waals surface area contributed by atoms with Crippen LogP contribution in [0.5, 0.6) is 0 Å². The molecule has 3 aromatic rings. The third kappa shape index (κ3) is 1.84. The topological polar surface area (TPSA) is 12.9 Å². The summed E-state index contributed by atoms with van der Waals surface area (Å²) >= 11 is 0. The molecule has 0 unspecified atom stereocenters. The Morgan fingerprint density at radius 1 is 0.792 bits per heavy atom. The van der Waals surface area contributed by atoms with E-state index in [1.54, 1.807) is 0 Å². The SMILES string of the molecule is Cc1cc(C)cc(-c2ncc3c4c(cccc24)C(C)(C)C3(C)C)c1. The van der Waals surface area contributed by atoms with Crippen LogP contribution >= 0.6 is 0 Å². The van der Waals surface area contributed by atoms with E-state index in [0.29, 0.717) is 0 Å². The maximum atomic E-state index is 4.92. The van der Waals surface area contributed by atoms with Crippen LogP contribution in [0.4, 0.5) is 0 Å². The van der Waals surface area contributed by atoms with Crippen LogP contribution < -0.4 is 0 Å². The molecule has 1 aromatic heterocycles. The predicted octanol–water partition coefficient (Wildman–Crippen LogP) is 6.09. The Kier molecular flexibility index (Phi) is 3.01. The summed E-state index contributed by atoms with van der Waals surface area (Å²) in [4.78, 5) is 4.92. The Balaban J connectivity index is 2.10. The molecule has 0 saturated carbocycles. The number of rotatable bonds is 1. The van der Waals surface area contributed by atoms with E-state index in [1.807, 2.05) is 0 Å². The number of aromatic nitrogens is 1. The maximum absolute atomic E-state index is 4.92. The van der Waals surface area contributed by atoms with Gasteiger partial charge in [0.25, 0.3) is 0 Å². The van der Waals surface area contributed by atoms with Gasteiger partial charge in [0.1, 0.15) is 0 Å². The van der Waals surface area contributed by atoms with Crippen molar-refractivity contribution in [1.82, 2.24) is 4.98 Å². The fraction of sp³-hybridized carbons (Fsp3) is 0.348. The Bertz CT molecular complexity index is 936. The van der Waals surface area contributed by atoms with Crippen molar-refractivity contribution >= 4 is 10.8 Å². The van der Waals surface area contributed by atoms with Crippen molar-refractivity contribution in [2.75, 3.05) is 0 Å². The summed E-state index contributed by atoms with van der Waals surface area (Å²) in [6.45, 7) is 13.7. The van der Waals surface area contributed by atoms with Crippen LogP contribution in [0.1, 0.15) is 49.9 Å². The van der Waals surface area contributed by atoms with Gasteiger partial charge in [-0.15, -0.1) is 0 Å². The molecule has 0 radical (unpaired) electrons. The zero-order chi connectivity index (χ0) is 17.3. The largest absolute Gasteiger partial charge is 0.255 e. The first-order chi connectivity index (χ1) is 11.2. The summed E-state index contributed by atoms with van der Waals surface area (Å²) in [6, 6.07) is 13.4. The van der Waals surface area contributed by atoms with Crippen molar-refractivity contribution in [3.05, 3.63) is 64.8 Å². The monoisotopic (exact) mass is 315 g/mol. The molecule has 1 heterocycles. The molecule has 1 aliphatic rings. The number of aryl methyl sites for hydroxylation is 2. The molecule has 0 aliphatic heterocycles. The molecule has 0 bridgehead atoms. The van der Waals surface area contributed by atoms with E-state index in [0.717, 1.165) is 5.69 Å². The normalized spacial score (nSPS) is 17.4. The Labute approximate surface area is 144 Å². The lowest BCUT2D eigenvalue weighted by Gasteiger charge is -2.36. The average Bonchev–Trinajstić information content (AvgIpc) is 2.66. The molecular weight excluding hydrogens is 290 g/mol. The van der Waals surface area contributed by atoms with Crippen LogP contribution in [0.15, 0.2) is 42.6 Å². The lowest BCUT2D eigenvalue weighted by atomic mass is 9.67. The van der Waals surface area contributed by atoms with Crippen molar-refractivity contribution in [3.63, 3.8) is 0 Å². The van der Waals surface area contributed by atoms with Crippen LogP contribution in [-0.4, -0.2) is 4.98 Å². The fourth-order valence-corrected chi connectivity index (χ4v) is 4.31. The van der Waals surface area contributed by atoms with Gasteiger partial charge in [-0.2, -0.15) is 0 Å². The summed E-state index contributed by atoms with van der Waals surface area (Å²) in [5, 5.41) is 2.70. The van der Waals surface area contributed by atoms with Crippen molar-refractivity contribution in [2.24, 2.45) is 0 Å². The molecule has 4 rings (SSSR count). The van der Waals surface area contributed by atoms with Crippen LogP contribution in [0.25, 0.3) is 22.0 Å². The van der Waals surface area contributed by atoms with Crippen molar-refractivity contribution in [3.8, 4) is 11.3 Å². The molecule has 1 aliphatic carbocycles. The number of benzene rings is 2. The minimum Gasteiger partial charge on any atom is -0.255 e. The summed E-state index contributed by atoms with van der Waals surface area (Å²) in [5.41, 5.74) is 7.93. The highest BCUT2D eigenvalue weighted by Crippen LogP contribution is 2.54. The van der Waals surface area contributed by atoms with Gasteiger partial charge in [-0.3, -0.25) is 4.98 Å². The highest BCUT2D eigenvalue weighted by atomic mass is 14.7. The van der Waals surface area contributed by atoms with Gasteiger partial charge in [0.05, 0.1) is 5.69 Å². The zero-order valence-corrected chi connectivity index (χ0v) is 15.5. The first-order valence-electron chi connectivity index (χ1n) is 8.75. The standard InChI is InChI=1S/C23H25N/c1-14-10-15(2)12-16(11-14)21-17-8-7-9-18-20(17)19(13-24-21)23(5,6)22(18,3)4/h7-13H,1-6H3. The first kappa shape index (κ1) is 15.4. The van der Waals surface area contributed by atoms with Crippen LogP contribution in [0, 0.1) is 13.8 Å². The van der Waals surface area contributed by atoms with Crippen molar-refractivity contribution < 1.29 is 0 Å². The Morgan fingerprint density at radius 3 is 2.08 bits per heavy atom. The summed E-state index contributed by atoms with van der Waals surface area (Å²) in [6.07, 6.45) is 2.12. The second-order valence-corrected chi connectivity index (χ2v) is 8.38. The van der Waals surface area contributed by atoms with E-state index in [1.165, 1.54) is 38.6 Å². The number of pyridine rings is 1. The highest BCUT2D eigenvalue weighted by Gasteiger charge is 2.47. The molecule has 2 aromatic carbocycles. The van der Waals surface area contributed by atoms with Gasteiger partial charge in [0.2, 0.25) is 0 Å². The van der Waals surface area contributed by atoms with E-state index >= 15 is 0 Å². The molecule has 24 heavy (non-hydrogen) atoms. The molecule has 0 atom stereocenters. The maximum Gasteiger partial charge on any atom is 0.0780 e. The fourth-order valence-electron chi connectivity index (χ4n) is 4.31. The number of hydrogen-bond acceptors (Lipinski definition) is 1. The zero-order valence-electron chi connectivity index (χ0n) is 15.5. The van der Waals surface area contributed by atoms with Gasteiger partial charge < -0.3 is 0 Å². The number of hydrogen-bond donors (Lipinski definition) is 0. The van der Waals surface area contributed by atoms with Crippen LogP contribution in [0.2, 0.25) is 0 Å². The molecule has 1 nitrogen and oxygen atoms in total. The summed E-state index contributed by atoms with van der Waals surface area (Å²) in [7, 11) is 0. The first-order valence-corrected chi connectivity index (χ1v) is 8.75. The Hall–Kier alpha value is -2.15. The van der Waals surface area contributed by atoms with Gasteiger partial charge in [-0.1, -0.05) is 63.1 Å². The predicted molar refractivity (Wildman–Crippen MR) is 103 cm³/mol. The molecule has 0 spiro atoms. The Morgan fingerprint density at radius 2 is 1.42 bits per heavy atom. The van der Waals surface area contributed by atoms with Crippen molar-refractivity contribution in [1.29, 1.82) is 0 Å². The van der Waals surface area contributed by atoms with Crippen LogP contribution in [0.3, 0.4) is 0 Å². The van der Waals surface area contributed by atoms with Gasteiger partial charge in [-0.25, -0.2) is 0 Å². The minimum atomic E-state index is 0.0863. The highest BCUT2D eigenvalue weighted by molar-refractivity contribution is 6.01. The molecule has 0 N–H and O–H groups in total. The molecular formula is C23H25N. The van der Waals surface area contributed by atoms with Gasteiger partial charge in [0, 0.05) is 22.6 Å². The number of nitrogens with zero attached hydrogens (tertiary/aromatic N) is 1. The van der Waals surface area contributed by atoms with Crippen LogP contribution in [-0.2, 0) is 10.8 Å². The van der Waals surface area contributed by atoms with Gasteiger partial charge in [-0.05, 0) is 47.9 Å². The second kappa shape index (κ2) is 4.69. The van der Waals surface area contributed by atoms with E-state index in [4.69, 9.17) is 4.98 Å². The van der Waals surface area contributed by atoms with Gasteiger partial charge >= 0.3 is 0 Å². The summed E-state index contributed by atoms with van der Waals surface area (Å²) < 4.78 is 0. The third-order valence-corrected chi connectivity index (χ3v) is 6.32. The quantitative estimate of drug-likeness (QED) is 0.529. The van der Waals surface area contributed by atoms with Crippen molar-refractivity contribution in [2.45, 2.75) is 52.4 Å². The molecule has 122 valence electrons. The third-order valence-electron chi connectivity index (χ3n) is 6.32. The minimum absolute atomic E-state index is 0.0863. The summed E-state index contributed by atoms with van der Waals surface area (Å²) in [5.74, 6) is 0. The lowest BCUT2D eigenvalue weighted by Crippen LogP contribution is -2.35. The molecule has 0 saturated heterocycles. The van der Waals surface area contributed by atoms with Gasteiger partial charge in [0.15, 0.2) is 0 Å². The van der Waals surface area contributed by atoms with E-state index in [2.05, 4.69) is 84.1 Å². The molecule has 0 amide bonds. The molecule has 0 fully saturated rings. The van der Waals surface area contributed by atoms with E-state index in [9.17, 15) is 0 Å².